The monoisotopic (exact) mass is 472 g/mol. The molecule has 1 aliphatic rings. The summed E-state index contributed by atoms with van der Waals surface area (Å²) in [7, 11) is 0. The molecule has 0 saturated carbocycles. The topological polar surface area (TPSA) is 42.3 Å². The Morgan fingerprint density at radius 3 is 2.42 bits per heavy atom. The van der Waals surface area contributed by atoms with Crippen LogP contribution in [0.5, 0.6) is 0 Å². The van der Waals surface area contributed by atoms with Gasteiger partial charge in [-0.2, -0.15) is 0 Å². The van der Waals surface area contributed by atoms with Crippen molar-refractivity contribution < 1.29 is 9.59 Å². The lowest BCUT2D eigenvalue weighted by atomic mass is 10.1. The van der Waals surface area contributed by atoms with E-state index in [2.05, 4.69) is 34.9 Å². The second kappa shape index (κ2) is 8.58. The van der Waals surface area contributed by atoms with Gasteiger partial charge in [-0.15, -0.1) is 0 Å². The van der Waals surface area contributed by atoms with Crippen LogP contribution in [0.1, 0.15) is 22.5 Å². The van der Waals surface area contributed by atoms with Gasteiger partial charge in [0.05, 0.1) is 11.4 Å². The molecule has 0 N–H and O–H groups in total. The molecule has 0 unspecified atom stereocenters. The number of halogens is 1. The van der Waals surface area contributed by atoms with E-state index in [0.717, 1.165) is 40.0 Å². The van der Waals surface area contributed by atoms with E-state index in [4.69, 9.17) is 11.6 Å². The summed E-state index contributed by atoms with van der Waals surface area (Å²) in [6.45, 7) is 4.24. The Bertz CT molecular complexity index is 1450. The van der Waals surface area contributed by atoms with Gasteiger partial charge in [-0.1, -0.05) is 60.1 Å². The molecule has 3 aromatic carbocycles. The number of thioether (sulfide) groups is 1. The Kier molecular flexibility index (Phi) is 5.60. The second-order valence-corrected chi connectivity index (χ2v) is 9.45. The quantitative estimate of drug-likeness (QED) is 0.296. The predicted octanol–water partition coefficient (Wildman–Crippen LogP) is 7.14. The van der Waals surface area contributed by atoms with Crippen LogP contribution in [0.25, 0.3) is 22.5 Å². The number of imide groups is 1. The maximum absolute atomic E-state index is 13.0. The van der Waals surface area contributed by atoms with Crippen molar-refractivity contribution in [2.75, 3.05) is 0 Å². The maximum Gasteiger partial charge on any atom is 0.293 e. The van der Waals surface area contributed by atoms with Crippen LogP contribution in [0.3, 0.4) is 0 Å². The number of hydrogen-bond acceptors (Lipinski definition) is 3. The van der Waals surface area contributed by atoms with Gasteiger partial charge in [0.2, 0.25) is 0 Å². The first kappa shape index (κ1) is 21.6. The van der Waals surface area contributed by atoms with Crippen molar-refractivity contribution in [3.05, 3.63) is 105 Å². The van der Waals surface area contributed by atoms with E-state index in [-0.39, 0.29) is 17.7 Å². The zero-order valence-electron chi connectivity index (χ0n) is 18.2. The zero-order valence-corrected chi connectivity index (χ0v) is 19.8. The minimum atomic E-state index is -0.291. The minimum Gasteiger partial charge on any atom is -0.318 e. The summed E-state index contributed by atoms with van der Waals surface area (Å²) in [6, 6.07) is 23.9. The molecule has 2 amide bonds. The molecule has 4 aromatic rings. The fourth-order valence-corrected chi connectivity index (χ4v) is 5.25. The fourth-order valence-electron chi connectivity index (χ4n) is 4.22. The van der Waals surface area contributed by atoms with Crippen LogP contribution in [0.4, 0.5) is 4.79 Å². The number of fused-ring (bicyclic) bond motifs is 1. The van der Waals surface area contributed by atoms with Crippen LogP contribution in [0.15, 0.2) is 77.7 Å². The third-order valence-corrected chi connectivity index (χ3v) is 7.18. The normalized spacial score (nSPS) is 15.2. The Morgan fingerprint density at radius 2 is 1.64 bits per heavy atom. The molecule has 0 radical (unpaired) electrons. The highest BCUT2D eigenvalue weighted by molar-refractivity contribution is 8.18. The van der Waals surface area contributed by atoms with Crippen molar-refractivity contribution in [2.24, 2.45) is 0 Å². The molecule has 0 atom stereocenters. The molecule has 2 heterocycles. The number of hydrogen-bond donors (Lipinski definition) is 0. The molecular formula is C27H21ClN2O2S. The van der Waals surface area contributed by atoms with Gasteiger partial charge < -0.3 is 4.57 Å². The maximum atomic E-state index is 13.0. The van der Waals surface area contributed by atoms with Gasteiger partial charge >= 0.3 is 0 Å². The Labute approximate surface area is 201 Å². The number of amides is 2. The van der Waals surface area contributed by atoms with Crippen molar-refractivity contribution in [3.8, 4) is 5.69 Å². The summed E-state index contributed by atoms with van der Waals surface area (Å²) < 4.78 is 2.17. The van der Waals surface area contributed by atoms with Gasteiger partial charge in [0.15, 0.2) is 0 Å². The summed E-state index contributed by atoms with van der Waals surface area (Å²) in [5, 5.41) is 2.62. The van der Waals surface area contributed by atoms with Crippen molar-refractivity contribution in [1.29, 1.82) is 0 Å². The first-order valence-corrected chi connectivity index (χ1v) is 11.8. The molecule has 33 heavy (non-hydrogen) atoms. The fraction of sp³-hybridized carbons (Fsp3) is 0.111. The summed E-state index contributed by atoms with van der Waals surface area (Å²) in [5.74, 6) is -0.291. The van der Waals surface area contributed by atoms with Crippen molar-refractivity contribution >= 4 is 51.4 Å². The predicted molar refractivity (Wildman–Crippen MR) is 136 cm³/mol. The summed E-state index contributed by atoms with van der Waals surface area (Å²) in [4.78, 5) is 27.3. The van der Waals surface area contributed by atoms with Crippen molar-refractivity contribution in [2.45, 2.75) is 20.4 Å². The Hall–Kier alpha value is -3.28. The summed E-state index contributed by atoms with van der Waals surface area (Å²) in [5.41, 5.74) is 4.81. The number of carbonyl (C=O) groups is 2. The van der Waals surface area contributed by atoms with Gasteiger partial charge in [0.1, 0.15) is 0 Å². The molecule has 1 aliphatic heterocycles. The van der Waals surface area contributed by atoms with Gasteiger partial charge in [0, 0.05) is 22.1 Å². The zero-order chi connectivity index (χ0) is 23.1. The van der Waals surface area contributed by atoms with Crippen LogP contribution in [-0.2, 0) is 11.3 Å². The number of carbonyl (C=O) groups excluding carboxylic acids is 2. The van der Waals surface area contributed by atoms with E-state index in [1.54, 1.807) is 6.07 Å². The molecule has 164 valence electrons. The Morgan fingerprint density at radius 1 is 0.909 bits per heavy atom. The van der Waals surface area contributed by atoms with E-state index in [1.165, 1.54) is 15.7 Å². The first-order valence-electron chi connectivity index (χ1n) is 10.6. The molecule has 0 bridgehead atoms. The van der Waals surface area contributed by atoms with E-state index >= 15 is 0 Å². The molecule has 1 aromatic heterocycles. The van der Waals surface area contributed by atoms with Crippen LogP contribution in [-0.4, -0.2) is 20.6 Å². The lowest BCUT2D eigenvalue weighted by Gasteiger charge is -2.13. The number of benzene rings is 3. The molecule has 5 rings (SSSR count). The molecule has 0 aliphatic carbocycles. The van der Waals surface area contributed by atoms with Crippen molar-refractivity contribution in [3.63, 3.8) is 0 Å². The standard InChI is InChI=1S/C27H21ClN2O2S/c1-17-13-22(18(2)30(17)23-12-11-19-7-3-4-8-20(19)14-23)15-25-26(31)29(27(32)33-25)16-21-9-5-6-10-24(21)28/h3-15H,16H2,1-2H3/b25-15-. The molecule has 6 heteroatoms. The van der Waals surface area contributed by atoms with Crippen molar-refractivity contribution in [1.82, 2.24) is 9.47 Å². The molecular weight excluding hydrogens is 452 g/mol. The third kappa shape index (κ3) is 3.99. The number of nitrogens with zero attached hydrogens (tertiary/aromatic N) is 2. The van der Waals surface area contributed by atoms with E-state index < -0.39 is 0 Å². The average molecular weight is 473 g/mol. The number of aryl methyl sites for hydroxylation is 1. The average Bonchev–Trinajstić information content (AvgIpc) is 3.24. The summed E-state index contributed by atoms with van der Waals surface area (Å²) >= 11 is 7.20. The highest BCUT2D eigenvalue weighted by atomic mass is 35.5. The highest BCUT2D eigenvalue weighted by Gasteiger charge is 2.35. The van der Waals surface area contributed by atoms with E-state index in [9.17, 15) is 9.59 Å². The van der Waals surface area contributed by atoms with Gasteiger partial charge in [-0.05, 0) is 77.9 Å². The minimum absolute atomic E-state index is 0.164. The smallest absolute Gasteiger partial charge is 0.293 e. The highest BCUT2D eigenvalue weighted by Crippen LogP contribution is 2.35. The lowest BCUT2D eigenvalue weighted by Crippen LogP contribution is -2.27. The molecule has 1 fully saturated rings. The molecule has 0 spiro atoms. The van der Waals surface area contributed by atoms with Crippen LogP contribution < -0.4 is 0 Å². The van der Waals surface area contributed by atoms with Crippen LogP contribution in [0, 0.1) is 13.8 Å². The first-order chi connectivity index (χ1) is 15.9. The van der Waals surface area contributed by atoms with E-state index in [0.29, 0.717) is 9.93 Å². The largest absolute Gasteiger partial charge is 0.318 e. The molecule has 1 saturated heterocycles. The second-order valence-electron chi connectivity index (χ2n) is 8.05. The van der Waals surface area contributed by atoms with Gasteiger partial charge in [-0.25, -0.2) is 0 Å². The van der Waals surface area contributed by atoms with Gasteiger partial charge in [0.25, 0.3) is 11.1 Å². The number of rotatable bonds is 4. The lowest BCUT2D eigenvalue weighted by molar-refractivity contribution is -0.123. The molecule has 4 nitrogen and oxygen atoms in total. The van der Waals surface area contributed by atoms with E-state index in [1.807, 2.05) is 56.3 Å². The van der Waals surface area contributed by atoms with Crippen LogP contribution >= 0.6 is 23.4 Å². The van der Waals surface area contributed by atoms with Gasteiger partial charge in [-0.3, -0.25) is 14.5 Å². The Balaban J connectivity index is 1.47. The summed E-state index contributed by atoms with van der Waals surface area (Å²) in [6.07, 6.45) is 1.82. The number of aromatic nitrogens is 1. The SMILES string of the molecule is Cc1cc(/C=C2\SC(=O)N(Cc3ccccc3Cl)C2=O)c(C)n1-c1ccc2ccccc2c1. The third-order valence-electron chi connectivity index (χ3n) is 5.91. The van der Waals surface area contributed by atoms with Crippen LogP contribution in [0.2, 0.25) is 5.02 Å².